The van der Waals surface area contributed by atoms with Gasteiger partial charge in [-0.15, -0.1) is 12.4 Å². The lowest BCUT2D eigenvalue weighted by atomic mass is 9.58. The molecule has 2 fully saturated rings. The summed E-state index contributed by atoms with van der Waals surface area (Å²) in [5.74, 6) is 0.171. The summed E-state index contributed by atoms with van der Waals surface area (Å²) in [6, 6.07) is 0. The van der Waals surface area contributed by atoms with Gasteiger partial charge in [0, 0.05) is 13.1 Å². The van der Waals surface area contributed by atoms with Gasteiger partial charge in [0.2, 0.25) is 0 Å². The van der Waals surface area contributed by atoms with Crippen molar-refractivity contribution in [3.63, 3.8) is 0 Å². The average Bonchev–Trinajstić information content (AvgIpc) is 1.81. The minimum atomic E-state index is -0.0254. The van der Waals surface area contributed by atoms with Gasteiger partial charge in [-0.3, -0.25) is 4.79 Å². The summed E-state index contributed by atoms with van der Waals surface area (Å²) in [4.78, 5) is 11.0. The summed E-state index contributed by atoms with van der Waals surface area (Å²) in [6.45, 7) is 2.20. The zero-order chi connectivity index (χ0) is 7.90. The maximum Gasteiger partial charge on any atom is 0.308 e. The van der Waals surface area contributed by atoms with Gasteiger partial charge in [-0.05, 0) is 18.3 Å². The smallest absolute Gasteiger partial charge is 0.308 e. The Hall–Kier alpha value is -0.280. The van der Waals surface area contributed by atoms with Crippen LogP contribution in [0.1, 0.15) is 12.8 Å². The van der Waals surface area contributed by atoms with Gasteiger partial charge in [-0.2, -0.15) is 0 Å². The van der Waals surface area contributed by atoms with E-state index in [-0.39, 0.29) is 24.3 Å². The van der Waals surface area contributed by atoms with Crippen molar-refractivity contribution in [1.29, 1.82) is 0 Å². The highest BCUT2D eigenvalue weighted by Crippen LogP contribution is 2.48. The molecule has 4 heteroatoms. The Morgan fingerprint density at radius 3 is 2.42 bits per heavy atom. The molecule has 0 aromatic carbocycles. The van der Waals surface area contributed by atoms with Gasteiger partial charge in [0.1, 0.15) is 0 Å². The van der Waals surface area contributed by atoms with Crippen LogP contribution in [0.3, 0.4) is 0 Å². The van der Waals surface area contributed by atoms with E-state index in [1.165, 1.54) is 7.11 Å². The lowest BCUT2D eigenvalue weighted by Gasteiger charge is -2.53. The van der Waals surface area contributed by atoms with Crippen LogP contribution in [0.4, 0.5) is 0 Å². The molecule has 0 bridgehead atoms. The molecule has 1 saturated carbocycles. The Kier molecular flexibility index (Phi) is 2.64. The van der Waals surface area contributed by atoms with Gasteiger partial charge < -0.3 is 10.1 Å². The molecular formula is C8H14ClNO2. The normalized spacial score (nSPS) is 25.1. The molecule has 0 atom stereocenters. The van der Waals surface area contributed by atoms with E-state index in [4.69, 9.17) is 0 Å². The molecule has 12 heavy (non-hydrogen) atoms. The van der Waals surface area contributed by atoms with E-state index in [0.717, 1.165) is 25.9 Å². The van der Waals surface area contributed by atoms with Crippen LogP contribution in [0.5, 0.6) is 0 Å². The zero-order valence-electron chi connectivity index (χ0n) is 7.13. The van der Waals surface area contributed by atoms with Gasteiger partial charge in [0.25, 0.3) is 0 Å². The third kappa shape index (κ3) is 1.31. The van der Waals surface area contributed by atoms with Gasteiger partial charge in [-0.1, -0.05) is 0 Å². The average molecular weight is 192 g/mol. The van der Waals surface area contributed by atoms with Crippen LogP contribution < -0.4 is 5.32 Å². The molecule has 1 N–H and O–H groups in total. The summed E-state index contributed by atoms with van der Waals surface area (Å²) >= 11 is 0. The van der Waals surface area contributed by atoms with Crippen molar-refractivity contribution in [2.24, 2.45) is 11.3 Å². The van der Waals surface area contributed by atoms with Gasteiger partial charge in [0.15, 0.2) is 0 Å². The number of hydrogen-bond acceptors (Lipinski definition) is 3. The summed E-state index contributed by atoms with van der Waals surface area (Å²) < 4.78 is 4.66. The molecule has 1 saturated heterocycles. The van der Waals surface area contributed by atoms with Gasteiger partial charge >= 0.3 is 5.97 Å². The molecular weight excluding hydrogens is 178 g/mol. The van der Waals surface area contributed by atoms with E-state index < -0.39 is 0 Å². The highest BCUT2D eigenvalue weighted by Gasteiger charge is 2.51. The van der Waals surface area contributed by atoms with E-state index in [1.807, 2.05) is 0 Å². The van der Waals surface area contributed by atoms with E-state index in [9.17, 15) is 4.79 Å². The van der Waals surface area contributed by atoms with Crippen LogP contribution in [-0.4, -0.2) is 26.2 Å². The first-order valence-corrected chi connectivity index (χ1v) is 4.04. The molecule has 0 aromatic heterocycles. The van der Waals surface area contributed by atoms with Crippen LogP contribution in [0.25, 0.3) is 0 Å². The first kappa shape index (κ1) is 9.81. The van der Waals surface area contributed by atoms with Crippen LogP contribution in [0.2, 0.25) is 0 Å². The Balaban J connectivity index is 0.000000720. The lowest BCUT2D eigenvalue weighted by molar-refractivity contribution is -0.156. The maximum absolute atomic E-state index is 11.0. The van der Waals surface area contributed by atoms with Crippen LogP contribution >= 0.6 is 12.4 Å². The fraction of sp³-hybridized carbons (Fsp3) is 0.875. The van der Waals surface area contributed by atoms with Crippen molar-refractivity contribution in [1.82, 2.24) is 5.32 Å². The Morgan fingerprint density at radius 1 is 1.50 bits per heavy atom. The number of nitrogens with one attached hydrogen (secondary N) is 1. The number of halogens is 1. The first-order valence-electron chi connectivity index (χ1n) is 4.04. The Bertz CT molecular complexity index is 183. The Morgan fingerprint density at radius 2 is 2.08 bits per heavy atom. The Labute approximate surface area is 78.3 Å². The summed E-state index contributed by atoms with van der Waals surface area (Å²) in [6.07, 6.45) is 2.07. The van der Waals surface area contributed by atoms with Crippen molar-refractivity contribution in [3.8, 4) is 0 Å². The van der Waals surface area contributed by atoms with Crippen molar-refractivity contribution in [3.05, 3.63) is 0 Å². The largest absolute Gasteiger partial charge is 0.469 e. The lowest BCUT2D eigenvalue weighted by Crippen LogP contribution is -2.61. The minimum Gasteiger partial charge on any atom is -0.469 e. The van der Waals surface area contributed by atoms with Gasteiger partial charge in [0.05, 0.1) is 13.0 Å². The molecule has 70 valence electrons. The first-order chi connectivity index (χ1) is 5.26. The van der Waals surface area contributed by atoms with Crippen molar-refractivity contribution in [2.75, 3.05) is 20.2 Å². The molecule has 0 amide bonds. The summed E-state index contributed by atoms with van der Waals surface area (Å²) in [7, 11) is 1.46. The second-order valence-electron chi connectivity index (χ2n) is 3.73. The van der Waals surface area contributed by atoms with Crippen LogP contribution in [0.15, 0.2) is 0 Å². The highest BCUT2D eigenvalue weighted by molar-refractivity contribution is 5.85. The molecule has 1 aliphatic carbocycles. The number of hydrogen-bond donors (Lipinski definition) is 1. The predicted molar refractivity (Wildman–Crippen MR) is 47.3 cm³/mol. The molecule has 1 spiro atoms. The molecule has 2 rings (SSSR count). The molecule has 1 heterocycles. The number of rotatable bonds is 1. The molecule has 0 radical (unpaired) electrons. The van der Waals surface area contributed by atoms with E-state index >= 15 is 0 Å². The fourth-order valence-corrected chi connectivity index (χ4v) is 2.09. The summed E-state index contributed by atoms with van der Waals surface area (Å²) in [5, 5.41) is 3.23. The predicted octanol–water partition coefficient (Wildman–Crippen LogP) is 0.581. The number of esters is 1. The fourth-order valence-electron chi connectivity index (χ4n) is 2.09. The van der Waals surface area contributed by atoms with Crippen molar-refractivity contribution in [2.45, 2.75) is 12.8 Å². The molecule has 2 aliphatic rings. The standard InChI is InChI=1S/C8H13NO2.ClH/c1-11-7(10)6-2-8(3-6)4-9-5-8;/h6,9H,2-5H2,1H3;1H. The molecule has 0 unspecified atom stereocenters. The van der Waals surface area contributed by atoms with Crippen molar-refractivity contribution < 1.29 is 9.53 Å². The minimum absolute atomic E-state index is 0. The molecule has 3 nitrogen and oxygen atoms in total. The number of carbonyl (C=O) groups excluding carboxylic acids is 1. The second kappa shape index (κ2) is 3.23. The van der Waals surface area contributed by atoms with E-state index in [2.05, 4.69) is 10.1 Å². The number of methoxy groups -OCH3 is 1. The number of ether oxygens (including phenoxy) is 1. The number of carbonyl (C=O) groups is 1. The monoisotopic (exact) mass is 191 g/mol. The molecule has 0 aromatic rings. The highest BCUT2D eigenvalue weighted by atomic mass is 35.5. The third-order valence-corrected chi connectivity index (χ3v) is 2.89. The van der Waals surface area contributed by atoms with E-state index in [1.54, 1.807) is 0 Å². The zero-order valence-corrected chi connectivity index (χ0v) is 7.95. The summed E-state index contributed by atoms with van der Waals surface area (Å²) in [5.41, 5.74) is 0.485. The topological polar surface area (TPSA) is 38.3 Å². The SMILES string of the molecule is COC(=O)C1CC2(CNC2)C1.Cl. The maximum atomic E-state index is 11.0. The molecule has 1 aliphatic heterocycles. The van der Waals surface area contributed by atoms with Gasteiger partial charge in [-0.25, -0.2) is 0 Å². The van der Waals surface area contributed by atoms with E-state index in [0.29, 0.717) is 5.41 Å². The van der Waals surface area contributed by atoms with Crippen LogP contribution in [-0.2, 0) is 9.53 Å². The van der Waals surface area contributed by atoms with Crippen LogP contribution in [0, 0.1) is 11.3 Å². The third-order valence-electron chi connectivity index (χ3n) is 2.89. The quantitative estimate of drug-likeness (QED) is 0.617. The van der Waals surface area contributed by atoms with Crippen molar-refractivity contribution >= 4 is 18.4 Å². The second-order valence-corrected chi connectivity index (χ2v) is 3.73.